The van der Waals surface area contributed by atoms with Crippen LogP contribution in [-0.4, -0.2) is 36.1 Å². The van der Waals surface area contributed by atoms with Gasteiger partial charge in [0.1, 0.15) is 23.0 Å². The number of hydrogen-bond acceptors (Lipinski definition) is 6. The van der Waals surface area contributed by atoms with Crippen LogP contribution in [0.4, 0.5) is 5.69 Å². The van der Waals surface area contributed by atoms with E-state index in [-0.39, 0.29) is 17.1 Å². The highest BCUT2D eigenvalue weighted by molar-refractivity contribution is 6.51. The van der Waals surface area contributed by atoms with E-state index in [2.05, 4.69) is 0 Å². The van der Waals surface area contributed by atoms with Gasteiger partial charge in [-0.25, -0.2) is 0 Å². The molecule has 162 valence electrons. The van der Waals surface area contributed by atoms with E-state index in [0.29, 0.717) is 28.3 Å². The minimum Gasteiger partial charge on any atom is -0.508 e. The van der Waals surface area contributed by atoms with Crippen molar-refractivity contribution in [3.05, 3.63) is 89.5 Å². The van der Waals surface area contributed by atoms with Crippen molar-refractivity contribution in [2.75, 3.05) is 19.1 Å². The number of aliphatic hydroxyl groups excluding tert-OH is 1. The molecular weight excluding hydrogens is 410 g/mol. The highest BCUT2D eigenvalue weighted by Gasteiger charge is 2.47. The summed E-state index contributed by atoms with van der Waals surface area (Å²) in [7, 11) is 3.00. The molecule has 1 atom stereocenters. The number of phenols is 1. The van der Waals surface area contributed by atoms with E-state index < -0.39 is 17.7 Å². The molecule has 1 saturated heterocycles. The largest absolute Gasteiger partial charge is 0.508 e. The Morgan fingerprint density at radius 1 is 0.875 bits per heavy atom. The van der Waals surface area contributed by atoms with Gasteiger partial charge in [-0.2, -0.15) is 0 Å². The molecule has 0 bridgehead atoms. The van der Waals surface area contributed by atoms with Gasteiger partial charge in [-0.3, -0.25) is 14.5 Å². The Labute approximate surface area is 184 Å². The second-order valence-electron chi connectivity index (χ2n) is 7.19. The van der Waals surface area contributed by atoms with E-state index in [1.54, 1.807) is 60.7 Å². The standard InChI is InChI=1S/C25H21NO6/c1-31-19-7-3-5-16(13-19)23(28)21-22(15-9-11-18(27)12-10-15)26(25(30)24(21)29)17-6-4-8-20(14-17)32-2/h3-14,22,27-28H,1-2H3/b23-21+. The molecule has 1 heterocycles. The lowest BCUT2D eigenvalue weighted by Crippen LogP contribution is -2.29. The number of amides is 1. The van der Waals surface area contributed by atoms with Crippen LogP contribution in [0.1, 0.15) is 17.2 Å². The number of ketones is 1. The minimum atomic E-state index is -0.908. The number of anilines is 1. The number of benzene rings is 3. The van der Waals surface area contributed by atoms with Crippen molar-refractivity contribution >= 4 is 23.1 Å². The maximum Gasteiger partial charge on any atom is 0.300 e. The number of nitrogens with zero attached hydrogens (tertiary/aromatic N) is 1. The molecule has 3 aromatic carbocycles. The molecule has 1 fully saturated rings. The van der Waals surface area contributed by atoms with Crippen LogP contribution in [0.2, 0.25) is 0 Å². The molecule has 0 radical (unpaired) electrons. The zero-order valence-electron chi connectivity index (χ0n) is 17.5. The quantitative estimate of drug-likeness (QED) is 0.360. The van der Waals surface area contributed by atoms with Gasteiger partial charge in [0, 0.05) is 17.3 Å². The Hall–Kier alpha value is -4.26. The van der Waals surface area contributed by atoms with Gasteiger partial charge in [-0.05, 0) is 42.0 Å². The summed E-state index contributed by atoms with van der Waals surface area (Å²) in [4.78, 5) is 27.6. The topological polar surface area (TPSA) is 96.3 Å². The third-order valence-corrected chi connectivity index (χ3v) is 5.33. The van der Waals surface area contributed by atoms with Gasteiger partial charge in [0.2, 0.25) is 0 Å². The number of rotatable bonds is 5. The molecule has 7 heteroatoms. The maximum absolute atomic E-state index is 13.1. The summed E-state index contributed by atoms with van der Waals surface area (Å²) in [6, 6.07) is 18.6. The normalized spacial score (nSPS) is 17.4. The molecule has 1 aliphatic rings. The van der Waals surface area contributed by atoms with E-state index >= 15 is 0 Å². The number of carbonyl (C=O) groups is 2. The number of aliphatic hydroxyl groups is 1. The first-order valence-corrected chi connectivity index (χ1v) is 9.83. The number of phenolic OH excluding ortho intramolecular Hbond substituents is 1. The Balaban J connectivity index is 1.94. The van der Waals surface area contributed by atoms with Gasteiger partial charge in [0.25, 0.3) is 11.7 Å². The summed E-state index contributed by atoms with van der Waals surface area (Å²) in [6.07, 6.45) is 0. The molecule has 0 aromatic heterocycles. The zero-order chi connectivity index (χ0) is 22.8. The fourth-order valence-electron chi connectivity index (χ4n) is 3.76. The molecule has 2 N–H and O–H groups in total. The third-order valence-electron chi connectivity index (χ3n) is 5.33. The van der Waals surface area contributed by atoms with Crippen molar-refractivity contribution in [3.63, 3.8) is 0 Å². The molecule has 4 rings (SSSR count). The van der Waals surface area contributed by atoms with Crippen molar-refractivity contribution in [1.29, 1.82) is 0 Å². The van der Waals surface area contributed by atoms with Crippen molar-refractivity contribution < 1.29 is 29.3 Å². The van der Waals surface area contributed by atoms with Crippen LogP contribution in [0.3, 0.4) is 0 Å². The fourth-order valence-corrected chi connectivity index (χ4v) is 3.76. The van der Waals surface area contributed by atoms with Crippen LogP contribution >= 0.6 is 0 Å². The van der Waals surface area contributed by atoms with Crippen LogP contribution in [0, 0.1) is 0 Å². The van der Waals surface area contributed by atoms with Crippen LogP contribution in [0.15, 0.2) is 78.4 Å². The van der Waals surface area contributed by atoms with Crippen LogP contribution in [-0.2, 0) is 9.59 Å². The molecule has 1 amide bonds. The minimum absolute atomic E-state index is 0.0416. The average Bonchev–Trinajstić information content (AvgIpc) is 3.09. The van der Waals surface area contributed by atoms with E-state index in [4.69, 9.17) is 9.47 Å². The number of carbonyl (C=O) groups excluding carboxylic acids is 2. The Morgan fingerprint density at radius 3 is 2.16 bits per heavy atom. The van der Waals surface area contributed by atoms with Crippen molar-refractivity contribution in [1.82, 2.24) is 0 Å². The van der Waals surface area contributed by atoms with Gasteiger partial charge < -0.3 is 19.7 Å². The van der Waals surface area contributed by atoms with Crippen molar-refractivity contribution in [2.45, 2.75) is 6.04 Å². The maximum atomic E-state index is 13.1. The second kappa shape index (κ2) is 8.47. The average molecular weight is 431 g/mol. The van der Waals surface area contributed by atoms with E-state index in [1.165, 1.54) is 31.3 Å². The smallest absolute Gasteiger partial charge is 0.300 e. The highest BCUT2D eigenvalue weighted by Crippen LogP contribution is 2.43. The number of hydrogen-bond donors (Lipinski definition) is 2. The number of Topliss-reactive ketones (excluding diaryl/α,β-unsaturated/α-hetero) is 1. The predicted molar refractivity (Wildman–Crippen MR) is 119 cm³/mol. The summed E-state index contributed by atoms with van der Waals surface area (Å²) in [6.45, 7) is 0. The molecule has 0 saturated carbocycles. The van der Waals surface area contributed by atoms with Gasteiger partial charge in [0.05, 0.1) is 25.8 Å². The molecule has 1 unspecified atom stereocenters. The first kappa shape index (κ1) is 21.0. The number of methoxy groups -OCH3 is 2. The highest BCUT2D eigenvalue weighted by atomic mass is 16.5. The van der Waals surface area contributed by atoms with Gasteiger partial charge in [-0.1, -0.05) is 30.3 Å². The van der Waals surface area contributed by atoms with Crippen LogP contribution in [0.25, 0.3) is 5.76 Å². The molecular formula is C25H21NO6. The Kier molecular flexibility index (Phi) is 5.55. The van der Waals surface area contributed by atoms with Gasteiger partial charge in [-0.15, -0.1) is 0 Å². The van der Waals surface area contributed by atoms with Crippen LogP contribution in [0.5, 0.6) is 17.2 Å². The monoisotopic (exact) mass is 431 g/mol. The molecule has 7 nitrogen and oxygen atoms in total. The fraction of sp³-hybridized carbons (Fsp3) is 0.120. The first-order chi connectivity index (χ1) is 15.4. The lowest BCUT2D eigenvalue weighted by molar-refractivity contribution is -0.132. The number of ether oxygens (including phenoxy) is 2. The lowest BCUT2D eigenvalue weighted by Gasteiger charge is -2.25. The Bertz CT molecular complexity index is 1220. The predicted octanol–water partition coefficient (Wildman–Crippen LogP) is 4.04. The SMILES string of the molecule is COc1cccc(/C(O)=C2\C(=O)C(=O)N(c3cccc(OC)c3)C2c2ccc(O)cc2)c1. The van der Waals surface area contributed by atoms with Crippen LogP contribution < -0.4 is 14.4 Å². The van der Waals surface area contributed by atoms with Crippen molar-refractivity contribution in [2.24, 2.45) is 0 Å². The summed E-state index contributed by atoms with van der Waals surface area (Å²) in [5.41, 5.74) is 1.28. The van der Waals surface area contributed by atoms with Crippen molar-refractivity contribution in [3.8, 4) is 17.2 Å². The first-order valence-electron chi connectivity index (χ1n) is 9.83. The molecule has 32 heavy (non-hydrogen) atoms. The molecule has 3 aromatic rings. The van der Waals surface area contributed by atoms with Gasteiger partial charge in [0.15, 0.2) is 0 Å². The summed E-state index contributed by atoms with van der Waals surface area (Å²) in [5.74, 6) is -0.850. The second-order valence-corrected chi connectivity index (χ2v) is 7.19. The van der Waals surface area contributed by atoms with E-state index in [0.717, 1.165) is 0 Å². The Morgan fingerprint density at radius 2 is 1.50 bits per heavy atom. The summed E-state index contributed by atoms with van der Waals surface area (Å²) >= 11 is 0. The molecule has 0 spiro atoms. The molecule has 0 aliphatic carbocycles. The van der Waals surface area contributed by atoms with Gasteiger partial charge >= 0.3 is 0 Å². The van der Waals surface area contributed by atoms with E-state index in [9.17, 15) is 19.8 Å². The summed E-state index contributed by atoms with van der Waals surface area (Å²) in [5, 5.41) is 20.9. The van der Waals surface area contributed by atoms with E-state index in [1.807, 2.05) is 0 Å². The third kappa shape index (κ3) is 3.65. The molecule has 1 aliphatic heterocycles. The summed E-state index contributed by atoms with van der Waals surface area (Å²) < 4.78 is 10.5. The lowest BCUT2D eigenvalue weighted by atomic mass is 9.95. The zero-order valence-corrected chi connectivity index (χ0v) is 17.5. The number of aromatic hydroxyl groups is 1.